The number of nitrogens with one attached hydrogen (secondary N) is 2. The van der Waals surface area contributed by atoms with Gasteiger partial charge in [-0.25, -0.2) is 5.43 Å². The average Bonchev–Trinajstić information content (AvgIpc) is 3.13. The summed E-state index contributed by atoms with van der Waals surface area (Å²) in [6, 6.07) is 7.74. The average molecular weight is 381 g/mol. The Morgan fingerprint density at radius 1 is 1.11 bits per heavy atom. The van der Waals surface area contributed by atoms with Gasteiger partial charge in [-0.1, -0.05) is 22.8 Å². The molecule has 0 unspecified atom stereocenters. The van der Waals surface area contributed by atoms with Crippen molar-refractivity contribution in [2.45, 2.75) is 37.9 Å². The summed E-state index contributed by atoms with van der Waals surface area (Å²) in [7, 11) is 0. The van der Waals surface area contributed by atoms with Gasteiger partial charge in [0.1, 0.15) is 24.4 Å². The zero-order valence-electron chi connectivity index (χ0n) is 14.6. The molecule has 0 saturated heterocycles. The van der Waals surface area contributed by atoms with Crippen molar-refractivity contribution in [1.29, 1.82) is 0 Å². The molecule has 11 heteroatoms. The molecule has 1 aromatic carbocycles. The van der Waals surface area contributed by atoms with Gasteiger partial charge in [-0.05, 0) is 19.1 Å². The van der Waals surface area contributed by atoms with Crippen LogP contribution < -0.4 is 10.7 Å². The van der Waals surface area contributed by atoms with Crippen molar-refractivity contribution in [2.75, 3.05) is 17.3 Å². The lowest BCUT2D eigenvalue weighted by Crippen LogP contribution is -2.46. The Bertz CT molecular complexity index is 722. The summed E-state index contributed by atoms with van der Waals surface area (Å²) in [6.45, 7) is 1.53. The largest absolute Gasteiger partial charge is 0.405 e. The molecule has 4 atom stereocenters. The highest BCUT2D eigenvalue weighted by molar-refractivity contribution is 5.64. The quantitative estimate of drug-likeness (QED) is 0.196. The first kappa shape index (κ1) is 20.7. The van der Waals surface area contributed by atoms with Gasteiger partial charge in [-0.3, -0.25) is 0 Å². The molecule has 27 heavy (non-hydrogen) atoms. The Morgan fingerprint density at radius 2 is 1.81 bits per heavy atom. The molecule has 0 aliphatic carbocycles. The summed E-state index contributed by atoms with van der Waals surface area (Å²) < 4.78 is 5.30. The number of aromatic nitrogens is 2. The summed E-state index contributed by atoms with van der Waals surface area (Å²) in [5.74, 6) is 0.301. The van der Waals surface area contributed by atoms with Crippen LogP contribution in [0.3, 0.4) is 0 Å². The van der Waals surface area contributed by atoms with Crippen molar-refractivity contribution in [3.8, 4) is 0 Å². The molecule has 0 aliphatic rings. The Labute approximate surface area is 155 Å². The summed E-state index contributed by atoms with van der Waals surface area (Å²) in [4.78, 5) is 0. The number of hydrogen-bond acceptors (Lipinski definition) is 11. The number of hydrazone groups is 1. The third kappa shape index (κ3) is 6.27. The van der Waals surface area contributed by atoms with Crippen LogP contribution in [0.2, 0.25) is 0 Å². The van der Waals surface area contributed by atoms with Gasteiger partial charge in [-0.15, -0.1) is 5.10 Å². The molecule has 0 radical (unpaired) electrons. The maximum atomic E-state index is 9.68. The minimum absolute atomic E-state index is 0.0374. The van der Waals surface area contributed by atoms with Crippen LogP contribution in [-0.2, 0) is 6.54 Å². The zero-order valence-corrected chi connectivity index (χ0v) is 14.6. The van der Waals surface area contributed by atoms with E-state index in [1.807, 2.05) is 31.2 Å². The fraction of sp³-hybridized carbons (Fsp3) is 0.438. The SMILES string of the molecule is Cc1ccc(NCc2nnc(N/N=C\[C@H](O)[C@@H](O)[C@@H](O)[C@H](O)CO)o2)cc1. The molecular formula is C16H23N5O6. The van der Waals surface area contributed by atoms with Gasteiger partial charge < -0.3 is 35.3 Å². The first-order valence-corrected chi connectivity index (χ1v) is 8.16. The zero-order chi connectivity index (χ0) is 19.8. The molecule has 2 aromatic rings. The van der Waals surface area contributed by atoms with Crippen molar-refractivity contribution in [1.82, 2.24) is 10.2 Å². The molecule has 7 N–H and O–H groups in total. The van der Waals surface area contributed by atoms with Crippen LogP contribution in [0.15, 0.2) is 33.8 Å². The Morgan fingerprint density at radius 3 is 2.48 bits per heavy atom. The van der Waals surface area contributed by atoms with Gasteiger partial charge in [0.15, 0.2) is 0 Å². The van der Waals surface area contributed by atoms with Gasteiger partial charge in [0.2, 0.25) is 5.89 Å². The highest BCUT2D eigenvalue weighted by atomic mass is 16.4. The fourth-order valence-electron chi connectivity index (χ4n) is 2.01. The van der Waals surface area contributed by atoms with Crippen LogP contribution >= 0.6 is 0 Å². The highest BCUT2D eigenvalue weighted by Crippen LogP contribution is 2.11. The van der Waals surface area contributed by atoms with Crippen molar-refractivity contribution >= 4 is 17.9 Å². The molecule has 0 bridgehead atoms. The predicted octanol–water partition coefficient (Wildman–Crippen LogP) is -1.18. The van der Waals surface area contributed by atoms with E-state index in [0.29, 0.717) is 12.4 Å². The molecule has 1 heterocycles. The molecule has 1 aromatic heterocycles. The lowest BCUT2D eigenvalue weighted by atomic mass is 10.0. The normalized spacial score (nSPS) is 16.1. The number of rotatable bonds is 10. The number of nitrogens with zero attached hydrogens (tertiary/aromatic N) is 3. The molecule has 0 amide bonds. The minimum atomic E-state index is -1.74. The molecule has 0 saturated carbocycles. The summed E-state index contributed by atoms with van der Waals surface area (Å²) in [5.41, 5.74) is 4.42. The van der Waals surface area contributed by atoms with Gasteiger partial charge >= 0.3 is 6.01 Å². The van der Waals surface area contributed by atoms with Crippen LogP contribution in [-0.4, -0.2) is 73.0 Å². The number of hydrogen-bond donors (Lipinski definition) is 7. The monoisotopic (exact) mass is 381 g/mol. The number of aryl methyl sites for hydroxylation is 1. The Hall–Kier alpha value is -2.57. The maximum absolute atomic E-state index is 9.68. The van der Waals surface area contributed by atoms with E-state index in [-0.39, 0.29) is 6.01 Å². The lowest BCUT2D eigenvalue weighted by molar-refractivity contribution is -0.0999. The number of benzene rings is 1. The van der Waals surface area contributed by atoms with E-state index in [9.17, 15) is 20.4 Å². The minimum Gasteiger partial charge on any atom is -0.405 e. The first-order chi connectivity index (χ1) is 12.9. The van der Waals surface area contributed by atoms with Gasteiger partial charge in [0, 0.05) is 5.69 Å². The van der Waals surface area contributed by atoms with E-state index in [1.165, 1.54) is 0 Å². The van der Waals surface area contributed by atoms with Crippen molar-refractivity contribution in [2.24, 2.45) is 5.10 Å². The summed E-state index contributed by atoms with van der Waals surface area (Å²) >= 11 is 0. The molecule has 11 nitrogen and oxygen atoms in total. The number of aliphatic hydroxyl groups is 5. The van der Waals surface area contributed by atoms with E-state index < -0.39 is 31.0 Å². The van der Waals surface area contributed by atoms with E-state index in [0.717, 1.165) is 17.5 Å². The van der Waals surface area contributed by atoms with Crippen LogP contribution in [0.4, 0.5) is 11.7 Å². The molecule has 2 rings (SSSR count). The topological polar surface area (TPSA) is 176 Å². The number of aliphatic hydroxyl groups excluding tert-OH is 5. The second kappa shape index (κ2) is 9.94. The van der Waals surface area contributed by atoms with E-state index in [1.54, 1.807) is 0 Å². The van der Waals surface area contributed by atoms with Crippen LogP contribution in [0.25, 0.3) is 0 Å². The van der Waals surface area contributed by atoms with Gasteiger partial charge in [0.25, 0.3) is 0 Å². The molecule has 0 spiro atoms. The number of anilines is 2. The van der Waals surface area contributed by atoms with Gasteiger partial charge in [0.05, 0.1) is 19.4 Å². The standard InChI is InChI=1S/C16H23N5O6/c1-9-2-4-10(5-3-9)17-7-13-19-21-16(27-13)20-18-6-11(23)14(25)15(26)12(24)8-22/h2-6,11-12,14-15,17,22-26H,7-8H2,1H3,(H,20,21)/b18-6-/t11-,12+,14+,15-/m0/s1. The van der Waals surface area contributed by atoms with Crippen LogP contribution in [0, 0.1) is 6.92 Å². The third-order valence-electron chi connectivity index (χ3n) is 3.63. The predicted molar refractivity (Wildman–Crippen MR) is 96.0 cm³/mol. The lowest BCUT2D eigenvalue weighted by Gasteiger charge is -2.23. The molecule has 0 fully saturated rings. The van der Waals surface area contributed by atoms with Crippen molar-refractivity contribution < 1.29 is 29.9 Å². The summed E-state index contributed by atoms with van der Waals surface area (Å²) in [5, 5.41) is 61.0. The van der Waals surface area contributed by atoms with E-state index in [4.69, 9.17) is 9.52 Å². The smallest absolute Gasteiger partial charge is 0.336 e. The Balaban J connectivity index is 1.81. The van der Waals surface area contributed by atoms with E-state index in [2.05, 4.69) is 26.0 Å². The first-order valence-electron chi connectivity index (χ1n) is 8.16. The fourth-order valence-corrected chi connectivity index (χ4v) is 2.01. The van der Waals surface area contributed by atoms with Crippen molar-refractivity contribution in [3.05, 3.63) is 35.7 Å². The van der Waals surface area contributed by atoms with E-state index >= 15 is 0 Å². The highest BCUT2D eigenvalue weighted by Gasteiger charge is 2.29. The molecular weight excluding hydrogens is 358 g/mol. The third-order valence-corrected chi connectivity index (χ3v) is 3.63. The second-order valence-electron chi connectivity index (χ2n) is 5.83. The van der Waals surface area contributed by atoms with Gasteiger partial charge in [-0.2, -0.15) is 5.10 Å². The maximum Gasteiger partial charge on any atom is 0.336 e. The second-order valence-corrected chi connectivity index (χ2v) is 5.83. The summed E-state index contributed by atoms with van der Waals surface area (Å²) in [6.07, 6.45) is -5.78. The van der Waals surface area contributed by atoms with Crippen molar-refractivity contribution in [3.63, 3.8) is 0 Å². The van der Waals surface area contributed by atoms with Crippen LogP contribution in [0.5, 0.6) is 0 Å². The Kier molecular flexibility index (Phi) is 7.64. The van der Waals surface area contributed by atoms with Crippen LogP contribution in [0.1, 0.15) is 11.5 Å². The molecule has 148 valence electrons. The molecule has 0 aliphatic heterocycles.